The average Bonchev–Trinajstić information content (AvgIpc) is 3.52. The van der Waals surface area contributed by atoms with Crippen molar-refractivity contribution in [3.05, 3.63) is 79.0 Å². The predicted octanol–water partition coefficient (Wildman–Crippen LogP) is 5.31. The quantitative estimate of drug-likeness (QED) is 0.313. The minimum absolute atomic E-state index is 0.357. The molecule has 1 aromatic carbocycles. The first-order chi connectivity index (χ1) is 18.0. The molecule has 0 fully saturated rings. The molecule has 0 saturated carbocycles. The van der Waals surface area contributed by atoms with Crippen LogP contribution >= 0.6 is 0 Å². The zero-order valence-electron chi connectivity index (χ0n) is 20.4. The third-order valence-electron chi connectivity index (χ3n) is 6.16. The Morgan fingerprint density at radius 2 is 1.81 bits per heavy atom. The first-order valence-corrected chi connectivity index (χ1v) is 11.9. The van der Waals surface area contributed by atoms with Crippen LogP contribution in [0.25, 0.3) is 55.8 Å². The highest BCUT2D eigenvalue weighted by Gasteiger charge is 2.16. The van der Waals surface area contributed by atoms with Crippen LogP contribution in [0.4, 0.5) is 4.39 Å². The van der Waals surface area contributed by atoms with Crippen molar-refractivity contribution < 1.29 is 9.13 Å². The fourth-order valence-corrected chi connectivity index (χ4v) is 4.32. The highest BCUT2D eigenvalue weighted by molar-refractivity contribution is 5.99. The number of rotatable bonds is 7. The Labute approximate surface area is 212 Å². The standard InChI is InChI=1S/C28H24FN7O/c1-36(2)11-12-37-20-14-18(13-19(29)15-20)21-7-10-31-28-22(21)16-25(33-28)27-26-24(34-35-27)4-3-23(32-26)17-5-8-30-9-6-17/h3-10,13-16H,11-12H2,1-2H3,(H,31,33)(H,34,35). The predicted molar refractivity (Wildman–Crippen MR) is 142 cm³/mol. The van der Waals surface area contributed by atoms with Gasteiger partial charge in [0.1, 0.15) is 35.0 Å². The number of pyridine rings is 3. The molecule has 6 rings (SSSR count). The summed E-state index contributed by atoms with van der Waals surface area (Å²) in [5.74, 6) is 0.132. The third kappa shape index (κ3) is 4.52. The SMILES string of the molecule is CN(C)CCOc1cc(F)cc(-c2ccnc3[nH]c(-c4n[nH]c5ccc(-c6ccncc6)nc45)cc23)c1. The Bertz CT molecular complexity index is 1710. The number of aromatic nitrogens is 6. The Hall–Kier alpha value is -4.63. The lowest BCUT2D eigenvalue weighted by Crippen LogP contribution is -2.19. The van der Waals surface area contributed by atoms with E-state index in [4.69, 9.17) is 9.72 Å². The van der Waals surface area contributed by atoms with Crippen molar-refractivity contribution in [1.82, 2.24) is 35.0 Å². The molecular formula is C28H24FN7O. The van der Waals surface area contributed by atoms with E-state index in [0.717, 1.165) is 45.5 Å². The maximum absolute atomic E-state index is 14.5. The molecule has 2 N–H and O–H groups in total. The summed E-state index contributed by atoms with van der Waals surface area (Å²) >= 11 is 0. The third-order valence-corrected chi connectivity index (χ3v) is 6.16. The van der Waals surface area contributed by atoms with Crippen molar-refractivity contribution in [2.45, 2.75) is 0 Å². The molecule has 8 nitrogen and oxygen atoms in total. The van der Waals surface area contributed by atoms with Crippen LogP contribution in [0.3, 0.4) is 0 Å². The van der Waals surface area contributed by atoms with Gasteiger partial charge in [-0.3, -0.25) is 10.1 Å². The molecule has 37 heavy (non-hydrogen) atoms. The maximum atomic E-state index is 14.5. The first-order valence-electron chi connectivity index (χ1n) is 11.9. The van der Waals surface area contributed by atoms with Gasteiger partial charge in [-0.1, -0.05) is 0 Å². The summed E-state index contributed by atoms with van der Waals surface area (Å²) in [5.41, 5.74) is 7.04. The second-order valence-electron chi connectivity index (χ2n) is 9.03. The van der Waals surface area contributed by atoms with Gasteiger partial charge in [-0.05, 0) is 73.8 Å². The highest BCUT2D eigenvalue weighted by Crippen LogP contribution is 2.35. The van der Waals surface area contributed by atoms with Gasteiger partial charge in [0, 0.05) is 42.2 Å². The lowest BCUT2D eigenvalue weighted by molar-refractivity contribution is 0.260. The number of halogens is 1. The molecule has 0 aliphatic carbocycles. The molecule has 0 saturated heterocycles. The summed E-state index contributed by atoms with van der Waals surface area (Å²) in [6.45, 7) is 1.21. The minimum atomic E-state index is -0.357. The minimum Gasteiger partial charge on any atom is -0.492 e. The van der Waals surface area contributed by atoms with E-state index >= 15 is 0 Å². The molecule has 9 heteroatoms. The van der Waals surface area contributed by atoms with Gasteiger partial charge in [0.25, 0.3) is 0 Å². The summed E-state index contributed by atoms with van der Waals surface area (Å²) in [6.07, 6.45) is 5.19. The van der Waals surface area contributed by atoms with Gasteiger partial charge in [0.15, 0.2) is 0 Å². The monoisotopic (exact) mass is 493 g/mol. The Balaban J connectivity index is 1.41. The van der Waals surface area contributed by atoms with Gasteiger partial charge in [0.2, 0.25) is 0 Å². The number of benzene rings is 1. The van der Waals surface area contributed by atoms with Crippen molar-refractivity contribution >= 4 is 22.1 Å². The fourth-order valence-electron chi connectivity index (χ4n) is 4.32. The Morgan fingerprint density at radius 1 is 0.946 bits per heavy atom. The normalized spacial score (nSPS) is 11.6. The van der Waals surface area contributed by atoms with Crippen molar-refractivity contribution in [3.8, 4) is 39.5 Å². The summed E-state index contributed by atoms with van der Waals surface area (Å²) in [4.78, 5) is 18.8. The van der Waals surface area contributed by atoms with Crippen LogP contribution in [-0.2, 0) is 0 Å². The number of likely N-dealkylation sites (N-methyl/N-ethyl adjacent to an activating group) is 1. The Morgan fingerprint density at radius 3 is 2.65 bits per heavy atom. The van der Waals surface area contributed by atoms with Gasteiger partial charge < -0.3 is 14.6 Å². The van der Waals surface area contributed by atoms with E-state index in [1.807, 2.05) is 61.5 Å². The molecule has 184 valence electrons. The summed E-state index contributed by atoms with van der Waals surface area (Å²) < 4.78 is 20.3. The van der Waals surface area contributed by atoms with Crippen LogP contribution in [0.15, 0.2) is 73.2 Å². The van der Waals surface area contributed by atoms with Crippen LogP contribution in [-0.4, -0.2) is 62.3 Å². The van der Waals surface area contributed by atoms with Crippen molar-refractivity contribution in [1.29, 1.82) is 0 Å². The zero-order valence-corrected chi connectivity index (χ0v) is 20.4. The smallest absolute Gasteiger partial charge is 0.138 e. The van der Waals surface area contributed by atoms with Crippen LogP contribution in [0, 0.1) is 5.82 Å². The van der Waals surface area contributed by atoms with E-state index in [0.29, 0.717) is 29.3 Å². The van der Waals surface area contributed by atoms with Gasteiger partial charge in [-0.25, -0.2) is 14.4 Å². The topological polar surface area (TPSA) is 95.6 Å². The number of fused-ring (bicyclic) bond motifs is 2. The number of nitrogens with one attached hydrogen (secondary N) is 2. The van der Waals surface area contributed by atoms with E-state index in [9.17, 15) is 4.39 Å². The number of nitrogens with zero attached hydrogens (tertiary/aromatic N) is 5. The van der Waals surface area contributed by atoms with Crippen molar-refractivity contribution in [2.24, 2.45) is 0 Å². The number of aromatic amines is 2. The van der Waals surface area contributed by atoms with Gasteiger partial charge in [0.05, 0.1) is 16.9 Å². The molecule has 0 bridgehead atoms. The number of hydrogen-bond acceptors (Lipinski definition) is 6. The lowest BCUT2D eigenvalue weighted by Gasteiger charge is -2.12. The fraction of sp³-hybridized carbons (Fsp3) is 0.143. The summed E-state index contributed by atoms with van der Waals surface area (Å²) in [7, 11) is 3.94. The van der Waals surface area contributed by atoms with Crippen molar-refractivity contribution in [2.75, 3.05) is 27.2 Å². The first kappa shape index (κ1) is 22.8. The molecule has 6 aromatic rings. The molecule has 5 heterocycles. The van der Waals surface area contributed by atoms with E-state index in [2.05, 4.69) is 25.1 Å². The molecular weight excluding hydrogens is 469 g/mol. The van der Waals surface area contributed by atoms with Gasteiger partial charge in [-0.2, -0.15) is 5.10 Å². The molecule has 5 aromatic heterocycles. The number of H-pyrrole nitrogens is 2. The molecule has 0 amide bonds. The van der Waals surface area contributed by atoms with E-state index < -0.39 is 0 Å². The van der Waals surface area contributed by atoms with Crippen LogP contribution in [0.1, 0.15) is 0 Å². The molecule has 0 aliphatic rings. The van der Waals surface area contributed by atoms with E-state index in [1.54, 1.807) is 18.6 Å². The zero-order chi connectivity index (χ0) is 25.4. The average molecular weight is 494 g/mol. The molecule has 0 atom stereocenters. The van der Waals surface area contributed by atoms with Crippen LogP contribution in [0.2, 0.25) is 0 Å². The molecule has 0 aliphatic heterocycles. The number of hydrogen-bond donors (Lipinski definition) is 2. The van der Waals surface area contributed by atoms with Gasteiger partial charge in [-0.15, -0.1) is 0 Å². The van der Waals surface area contributed by atoms with Crippen molar-refractivity contribution in [3.63, 3.8) is 0 Å². The van der Waals surface area contributed by atoms with Crippen LogP contribution < -0.4 is 4.74 Å². The summed E-state index contributed by atoms with van der Waals surface area (Å²) in [5, 5.41) is 8.45. The highest BCUT2D eigenvalue weighted by atomic mass is 19.1. The molecule has 0 spiro atoms. The van der Waals surface area contributed by atoms with Crippen LogP contribution in [0.5, 0.6) is 5.75 Å². The molecule has 0 unspecified atom stereocenters. The van der Waals surface area contributed by atoms with Gasteiger partial charge >= 0.3 is 0 Å². The second kappa shape index (κ2) is 9.44. The largest absolute Gasteiger partial charge is 0.492 e. The van der Waals surface area contributed by atoms with E-state index in [-0.39, 0.29) is 5.82 Å². The second-order valence-corrected chi connectivity index (χ2v) is 9.03. The molecule has 0 radical (unpaired) electrons. The summed E-state index contributed by atoms with van der Waals surface area (Å²) in [6, 6.07) is 16.4. The maximum Gasteiger partial charge on any atom is 0.138 e. The lowest BCUT2D eigenvalue weighted by atomic mass is 10.0. The number of ether oxygens (including phenoxy) is 1. The Kier molecular flexibility index (Phi) is 5.82. The van der Waals surface area contributed by atoms with E-state index in [1.165, 1.54) is 12.1 Å².